The highest BCUT2D eigenvalue weighted by molar-refractivity contribution is 5.94. The van der Waals surface area contributed by atoms with Gasteiger partial charge in [0.1, 0.15) is 0 Å². The number of ether oxygens (including phenoxy) is 1. The van der Waals surface area contributed by atoms with Crippen molar-refractivity contribution < 1.29 is 9.53 Å². The van der Waals surface area contributed by atoms with Gasteiger partial charge in [0.25, 0.3) is 5.91 Å². The van der Waals surface area contributed by atoms with E-state index >= 15 is 0 Å². The van der Waals surface area contributed by atoms with E-state index in [0.717, 1.165) is 24.1 Å². The number of nitrogens with zero attached hydrogens (tertiary/aromatic N) is 2. The van der Waals surface area contributed by atoms with E-state index in [4.69, 9.17) is 4.74 Å². The Bertz CT molecular complexity index is 676. The smallest absolute Gasteiger partial charge is 0.254 e. The lowest BCUT2D eigenvalue weighted by Crippen LogP contribution is -2.32. The van der Waals surface area contributed by atoms with Crippen molar-refractivity contribution in [1.29, 1.82) is 0 Å². The summed E-state index contributed by atoms with van der Waals surface area (Å²) >= 11 is 0. The minimum Gasteiger partial charge on any atom is -0.385 e. The second-order valence-electron chi connectivity index (χ2n) is 7.19. The van der Waals surface area contributed by atoms with Gasteiger partial charge in [0.15, 0.2) is 0 Å². The van der Waals surface area contributed by atoms with Crippen LogP contribution in [0.15, 0.2) is 42.6 Å². The number of rotatable bonds is 12. The molecule has 0 N–H and O–H groups in total. The Hall–Kier alpha value is -2.07. The molecule has 0 fully saturated rings. The molecule has 0 radical (unpaired) electrons. The van der Waals surface area contributed by atoms with Crippen LogP contribution >= 0.6 is 0 Å². The lowest BCUT2D eigenvalue weighted by Gasteiger charge is -2.23. The molecule has 2 aromatic rings. The van der Waals surface area contributed by atoms with Gasteiger partial charge < -0.3 is 14.2 Å². The van der Waals surface area contributed by atoms with Crippen molar-refractivity contribution in [3.8, 4) is 0 Å². The molecule has 2 rings (SSSR count). The molecule has 0 bridgehead atoms. The van der Waals surface area contributed by atoms with Crippen LogP contribution in [0.3, 0.4) is 0 Å². The van der Waals surface area contributed by atoms with Gasteiger partial charge >= 0.3 is 0 Å². The Labute approximate surface area is 164 Å². The van der Waals surface area contributed by atoms with Crippen molar-refractivity contribution in [1.82, 2.24) is 9.47 Å². The van der Waals surface area contributed by atoms with E-state index < -0.39 is 0 Å². The van der Waals surface area contributed by atoms with E-state index in [1.165, 1.54) is 31.2 Å². The summed E-state index contributed by atoms with van der Waals surface area (Å²) < 4.78 is 7.23. The average molecular weight is 371 g/mol. The maximum absolute atomic E-state index is 13.1. The number of carbonyl (C=O) groups is 1. The number of unbranched alkanes of at least 4 members (excludes halogenated alkanes) is 3. The number of amides is 1. The zero-order valence-corrected chi connectivity index (χ0v) is 17.1. The minimum absolute atomic E-state index is 0.0878. The predicted octanol–water partition coefficient (Wildman–Crippen LogP) is 4.83. The molecule has 0 atom stereocenters. The number of carbonyl (C=O) groups excluding carboxylic acids is 1. The third kappa shape index (κ3) is 6.87. The van der Waals surface area contributed by atoms with Crippen molar-refractivity contribution in [3.63, 3.8) is 0 Å². The summed E-state index contributed by atoms with van der Waals surface area (Å²) in [6.07, 6.45) is 9.00. The maximum Gasteiger partial charge on any atom is 0.254 e. The van der Waals surface area contributed by atoms with Crippen molar-refractivity contribution in [2.75, 3.05) is 20.3 Å². The number of hydrogen-bond acceptors (Lipinski definition) is 2. The fourth-order valence-electron chi connectivity index (χ4n) is 3.26. The lowest BCUT2D eigenvalue weighted by atomic mass is 10.0. The van der Waals surface area contributed by atoms with Gasteiger partial charge in [0.2, 0.25) is 0 Å². The van der Waals surface area contributed by atoms with Crippen LogP contribution < -0.4 is 0 Å². The molecule has 1 aromatic heterocycles. The molecule has 27 heavy (non-hydrogen) atoms. The standard InChI is InChI=1S/C23H34N2O2/c1-4-5-6-7-10-20-12-14-21(15-13-20)23(26)25(17-9-18-27-3)19-22-11-8-16-24(22)2/h8,11-16H,4-7,9-10,17-19H2,1-3H3. The largest absolute Gasteiger partial charge is 0.385 e. The van der Waals surface area contributed by atoms with E-state index in [9.17, 15) is 4.79 Å². The number of aryl methyl sites for hydroxylation is 2. The van der Waals surface area contributed by atoms with Gasteiger partial charge in [0, 0.05) is 44.8 Å². The molecule has 0 unspecified atom stereocenters. The number of aromatic nitrogens is 1. The van der Waals surface area contributed by atoms with Crippen molar-refractivity contribution >= 4 is 5.91 Å². The van der Waals surface area contributed by atoms with E-state index in [1.807, 2.05) is 36.3 Å². The average Bonchev–Trinajstić information content (AvgIpc) is 3.09. The summed E-state index contributed by atoms with van der Waals surface area (Å²) in [5, 5.41) is 0. The molecule has 4 nitrogen and oxygen atoms in total. The first kappa shape index (κ1) is 21.2. The van der Waals surface area contributed by atoms with Crippen LogP contribution in [0, 0.1) is 0 Å². The summed E-state index contributed by atoms with van der Waals surface area (Å²) in [6, 6.07) is 12.2. The molecular weight excluding hydrogens is 336 g/mol. The SMILES string of the molecule is CCCCCCc1ccc(C(=O)N(CCCOC)Cc2cccn2C)cc1. The normalized spacial score (nSPS) is 10.9. The lowest BCUT2D eigenvalue weighted by molar-refractivity contribution is 0.0720. The van der Waals surface area contributed by atoms with Gasteiger partial charge in [-0.2, -0.15) is 0 Å². The molecule has 148 valence electrons. The molecule has 0 aliphatic rings. The van der Waals surface area contributed by atoms with Gasteiger partial charge in [-0.15, -0.1) is 0 Å². The van der Waals surface area contributed by atoms with Crippen LogP contribution in [0.25, 0.3) is 0 Å². The highest BCUT2D eigenvalue weighted by Crippen LogP contribution is 2.14. The Morgan fingerprint density at radius 3 is 2.48 bits per heavy atom. The van der Waals surface area contributed by atoms with Crippen LogP contribution in [0.5, 0.6) is 0 Å². The fourth-order valence-corrected chi connectivity index (χ4v) is 3.26. The van der Waals surface area contributed by atoms with E-state index in [0.29, 0.717) is 19.7 Å². The van der Waals surface area contributed by atoms with Crippen LogP contribution in [0.4, 0.5) is 0 Å². The van der Waals surface area contributed by atoms with Crippen LogP contribution in [0.2, 0.25) is 0 Å². The fraction of sp³-hybridized carbons (Fsp3) is 0.522. The molecule has 1 aromatic carbocycles. The second kappa shape index (κ2) is 11.6. The maximum atomic E-state index is 13.1. The highest BCUT2D eigenvalue weighted by atomic mass is 16.5. The molecule has 1 amide bonds. The van der Waals surface area contributed by atoms with E-state index in [2.05, 4.69) is 29.7 Å². The summed E-state index contributed by atoms with van der Waals surface area (Å²) in [7, 11) is 3.71. The molecule has 1 heterocycles. The monoisotopic (exact) mass is 370 g/mol. The highest BCUT2D eigenvalue weighted by Gasteiger charge is 2.17. The third-order valence-electron chi connectivity index (χ3n) is 4.99. The van der Waals surface area contributed by atoms with Gasteiger partial charge in [-0.3, -0.25) is 4.79 Å². The van der Waals surface area contributed by atoms with Crippen LogP contribution in [-0.2, 0) is 24.8 Å². The van der Waals surface area contributed by atoms with Crippen molar-refractivity contribution in [2.24, 2.45) is 7.05 Å². The third-order valence-corrected chi connectivity index (χ3v) is 4.99. The number of methoxy groups -OCH3 is 1. The topological polar surface area (TPSA) is 34.5 Å². The zero-order valence-electron chi connectivity index (χ0n) is 17.1. The van der Waals surface area contributed by atoms with Crippen LogP contribution in [0.1, 0.15) is 60.6 Å². The zero-order chi connectivity index (χ0) is 19.5. The molecule has 0 spiro atoms. The summed E-state index contributed by atoms with van der Waals surface area (Å²) in [6.45, 7) is 4.20. The van der Waals surface area contributed by atoms with Crippen LogP contribution in [-0.4, -0.2) is 35.6 Å². The molecule has 0 saturated heterocycles. The first-order chi connectivity index (χ1) is 13.2. The minimum atomic E-state index is 0.0878. The molecule has 0 aliphatic carbocycles. The second-order valence-corrected chi connectivity index (χ2v) is 7.19. The number of hydrogen-bond donors (Lipinski definition) is 0. The molecule has 0 aliphatic heterocycles. The summed E-state index contributed by atoms with van der Waals surface area (Å²) in [5.74, 6) is 0.0878. The van der Waals surface area contributed by atoms with Gasteiger partial charge in [-0.25, -0.2) is 0 Å². The Balaban J connectivity index is 2.01. The van der Waals surface area contributed by atoms with Crippen molar-refractivity contribution in [3.05, 3.63) is 59.4 Å². The van der Waals surface area contributed by atoms with Gasteiger partial charge in [-0.05, 0) is 49.1 Å². The predicted molar refractivity (Wildman–Crippen MR) is 111 cm³/mol. The first-order valence-electron chi connectivity index (χ1n) is 10.1. The quantitative estimate of drug-likeness (QED) is 0.502. The van der Waals surface area contributed by atoms with Gasteiger partial charge in [0.05, 0.1) is 6.54 Å². The van der Waals surface area contributed by atoms with E-state index in [-0.39, 0.29) is 5.91 Å². The molecule has 0 saturated carbocycles. The van der Waals surface area contributed by atoms with E-state index in [1.54, 1.807) is 7.11 Å². The number of benzene rings is 1. The first-order valence-corrected chi connectivity index (χ1v) is 10.1. The molecule has 4 heteroatoms. The summed E-state index contributed by atoms with van der Waals surface area (Å²) in [5.41, 5.74) is 3.21. The van der Waals surface area contributed by atoms with Gasteiger partial charge in [-0.1, -0.05) is 38.3 Å². The van der Waals surface area contributed by atoms with Crippen molar-refractivity contribution in [2.45, 2.75) is 52.0 Å². The summed E-state index contributed by atoms with van der Waals surface area (Å²) in [4.78, 5) is 15.0. The Morgan fingerprint density at radius 2 is 1.85 bits per heavy atom. The molecular formula is C23H34N2O2. The Morgan fingerprint density at radius 1 is 1.07 bits per heavy atom. The Kier molecular flexibility index (Phi) is 9.12.